The highest BCUT2D eigenvalue weighted by Crippen LogP contribution is 2.32. The first-order valence-electron chi connectivity index (χ1n) is 4.30. The molecule has 68 valence electrons. The Balaban J connectivity index is 2.42. The molecule has 2 N–H and O–H groups in total. The number of carbonyl (C=O) groups is 1. The van der Waals surface area contributed by atoms with Gasteiger partial charge in [-0.3, -0.25) is 4.79 Å². The van der Waals surface area contributed by atoms with E-state index in [4.69, 9.17) is 10.5 Å². The Hall–Kier alpha value is -1.51. The smallest absolute Gasteiger partial charge is 0.225 e. The minimum atomic E-state index is -0.268. The van der Waals surface area contributed by atoms with E-state index in [0.29, 0.717) is 13.0 Å². The number of hydrogen-bond donors (Lipinski definition) is 1. The molecule has 0 unspecified atom stereocenters. The van der Waals surface area contributed by atoms with Crippen LogP contribution in [0.4, 0.5) is 0 Å². The van der Waals surface area contributed by atoms with Crippen LogP contribution < -0.4 is 10.5 Å². The fourth-order valence-electron chi connectivity index (χ4n) is 1.64. The summed E-state index contributed by atoms with van der Waals surface area (Å²) in [5.74, 6) is 0.346. The fraction of sp³-hybridized carbons (Fsp3) is 0.300. The van der Waals surface area contributed by atoms with Gasteiger partial charge in [0, 0.05) is 5.56 Å². The summed E-state index contributed by atoms with van der Waals surface area (Å²) in [7, 11) is 0. The van der Waals surface area contributed by atoms with Crippen LogP contribution in [-0.4, -0.2) is 12.5 Å². The summed E-state index contributed by atoms with van der Waals surface area (Å²) in [6.07, 6.45) is 0.687. The topological polar surface area (TPSA) is 52.3 Å². The van der Waals surface area contributed by atoms with Crippen LogP contribution in [0.5, 0.6) is 5.75 Å². The highest BCUT2D eigenvalue weighted by atomic mass is 16.5. The maximum Gasteiger partial charge on any atom is 0.225 e. The maximum atomic E-state index is 11.1. The van der Waals surface area contributed by atoms with E-state index in [1.54, 1.807) is 0 Å². The fourth-order valence-corrected chi connectivity index (χ4v) is 1.64. The quantitative estimate of drug-likeness (QED) is 0.696. The van der Waals surface area contributed by atoms with Crippen LogP contribution >= 0.6 is 0 Å². The van der Waals surface area contributed by atoms with Crippen LogP contribution in [0.25, 0.3) is 0 Å². The van der Waals surface area contributed by atoms with Gasteiger partial charge in [0.15, 0.2) is 0 Å². The molecule has 1 aromatic rings. The lowest BCUT2D eigenvalue weighted by Crippen LogP contribution is -2.26. The highest BCUT2D eigenvalue weighted by molar-refractivity contribution is 5.83. The summed E-state index contributed by atoms with van der Waals surface area (Å²) >= 11 is 0. The summed E-state index contributed by atoms with van der Waals surface area (Å²) in [4.78, 5) is 11.1. The molecule has 1 aliphatic heterocycles. The largest absolute Gasteiger partial charge is 0.493 e. The Morgan fingerprint density at radius 2 is 2.23 bits per heavy atom. The Kier molecular flexibility index (Phi) is 1.93. The van der Waals surface area contributed by atoms with Crippen molar-refractivity contribution in [1.82, 2.24) is 0 Å². The molecular formula is C10H11NO2. The molecule has 3 heteroatoms. The molecule has 1 atom stereocenters. The van der Waals surface area contributed by atoms with E-state index >= 15 is 0 Å². The SMILES string of the molecule is NC(=O)[C@H]1CCOc2ccccc21. The standard InChI is InChI=1S/C10H11NO2/c11-10(12)8-5-6-13-9-4-2-1-3-7(8)9/h1-4,8H,5-6H2,(H2,11,12)/t8-/m0/s1. The summed E-state index contributed by atoms with van der Waals surface area (Å²) in [6, 6.07) is 7.54. The van der Waals surface area contributed by atoms with Crippen molar-refractivity contribution in [1.29, 1.82) is 0 Å². The number of hydrogen-bond acceptors (Lipinski definition) is 2. The average molecular weight is 177 g/mol. The monoisotopic (exact) mass is 177 g/mol. The Morgan fingerprint density at radius 1 is 1.46 bits per heavy atom. The number of rotatable bonds is 1. The van der Waals surface area contributed by atoms with Crippen LogP contribution in [0.2, 0.25) is 0 Å². The van der Waals surface area contributed by atoms with Crippen molar-refractivity contribution in [3.8, 4) is 5.75 Å². The third-order valence-electron chi connectivity index (χ3n) is 2.30. The van der Waals surface area contributed by atoms with Crippen LogP contribution in [0.1, 0.15) is 17.9 Å². The number of nitrogens with two attached hydrogens (primary N) is 1. The number of carbonyl (C=O) groups excluding carboxylic acids is 1. The maximum absolute atomic E-state index is 11.1. The zero-order chi connectivity index (χ0) is 9.26. The van der Waals surface area contributed by atoms with E-state index in [1.807, 2.05) is 24.3 Å². The second-order valence-electron chi connectivity index (χ2n) is 3.13. The predicted molar refractivity (Wildman–Crippen MR) is 48.5 cm³/mol. The van der Waals surface area contributed by atoms with Crippen LogP contribution in [0.3, 0.4) is 0 Å². The summed E-state index contributed by atoms with van der Waals surface area (Å²) in [6.45, 7) is 0.574. The third-order valence-corrected chi connectivity index (χ3v) is 2.30. The van der Waals surface area contributed by atoms with Gasteiger partial charge in [-0.25, -0.2) is 0 Å². The van der Waals surface area contributed by atoms with Crippen molar-refractivity contribution in [2.24, 2.45) is 5.73 Å². The molecule has 0 aromatic heterocycles. The van der Waals surface area contributed by atoms with Crippen molar-refractivity contribution in [2.75, 3.05) is 6.61 Å². The Morgan fingerprint density at radius 3 is 3.00 bits per heavy atom. The summed E-state index contributed by atoms with van der Waals surface area (Å²) in [5, 5.41) is 0. The van der Waals surface area contributed by atoms with E-state index in [-0.39, 0.29) is 11.8 Å². The zero-order valence-corrected chi connectivity index (χ0v) is 7.19. The predicted octanol–water partition coefficient (Wildman–Crippen LogP) is 1.04. The second kappa shape index (κ2) is 3.09. The molecule has 13 heavy (non-hydrogen) atoms. The van der Waals surface area contributed by atoms with Gasteiger partial charge in [-0.1, -0.05) is 18.2 Å². The first-order chi connectivity index (χ1) is 6.29. The molecule has 0 spiro atoms. The van der Waals surface area contributed by atoms with Crippen LogP contribution in [0.15, 0.2) is 24.3 Å². The molecule has 0 saturated heterocycles. The number of para-hydroxylation sites is 1. The number of ether oxygens (including phenoxy) is 1. The van der Waals surface area contributed by atoms with Gasteiger partial charge < -0.3 is 10.5 Å². The van der Waals surface area contributed by atoms with E-state index < -0.39 is 0 Å². The van der Waals surface area contributed by atoms with Gasteiger partial charge in [-0.2, -0.15) is 0 Å². The Labute approximate surface area is 76.5 Å². The van der Waals surface area contributed by atoms with Gasteiger partial charge >= 0.3 is 0 Å². The first kappa shape index (κ1) is 8.10. The van der Waals surface area contributed by atoms with Gasteiger partial charge in [0.25, 0.3) is 0 Å². The minimum absolute atomic E-state index is 0.176. The lowest BCUT2D eigenvalue weighted by molar-refractivity contribution is -0.120. The second-order valence-corrected chi connectivity index (χ2v) is 3.13. The lowest BCUT2D eigenvalue weighted by atomic mass is 9.93. The molecule has 1 heterocycles. The molecule has 0 aliphatic carbocycles. The van der Waals surface area contributed by atoms with Gasteiger partial charge in [-0.15, -0.1) is 0 Å². The number of fused-ring (bicyclic) bond motifs is 1. The highest BCUT2D eigenvalue weighted by Gasteiger charge is 2.24. The van der Waals surface area contributed by atoms with Crippen molar-refractivity contribution >= 4 is 5.91 Å². The van der Waals surface area contributed by atoms with Crippen LogP contribution in [0, 0.1) is 0 Å². The zero-order valence-electron chi connectivity index (χ0n) is 7.19. The van der Waals surface area contributed by atoms with Gasteiger partial charge in [0.1, 0.15) is 5.75 Å². The third kappa shape index (κ3) is 1.37. The van der Waals surface area contributed by atoms with E-state index in [2.05, 4.69) is 0 Å². The molecule has 1 aliphatic rings. The molecule has 0 bridgehead atoms. The molecule has 0 fully saturated rings. The van der Waals surface area contributed by atoms with Crippen molar-refractivity contribution in [3.63, 3.8) is 0 Å². The van der Waals surface area contributed by atoms with Gasteiger partial charge in [-0.05, 0) is 12.5 Å². The number of amides is 1. The summed E-state index contributed by atoms with van der Waals surface area (Å²) in [5.41, 5.74) is 6.21. The molecular weight excluding hydrogens is 166 g/mol. The molecule has 0 saturated carbocycles. The molecule has 0 radical (unpaired) electrons. The van der Waals surface area contributed by atoms with Crippen molar-refractivity contribution < 1.29 is 9.53 Å². The van der Waals surface area contributed by atoms with E-state index in [9.17, 15) is 4.79 Å². The van der Waals surface area contributed by atoms with E-state index in [1.165, 1.54) is 0 Å². The van der Waals surface area contributed by atoms with Gasteiger partial charge in [0.2, 0.25) is 5.91 Å². The molecule has 1 amide bonds. The van der Waals surface area contributed by atoms with Crippen LogP contribution in [-0.2, 0) is 4.79 Å². The minimum Gasteiger partial charge on any atom is -0.493 e. The number of benzene rings is 1. The van der Waals surface area contributed by atoms with Gasteiger partial charge in [0.05, 0.1) is 12.5 Å². The molecule has 1 aromatic carbocycles. The molecule has 3 nitrogen and oxygen atoms in total. The van der Waals surface area contributed by atoms with Crippen molar-refractivity contribution in [2.45, 2.75) is 12.3 Å². The first-order valence-corrected chi connectivity index (χ1v) is 4.30. The average Bonchev–Trinajstić information content (AvgIpc) is 2.17. The normalized spacial score (nSPS) is 20.2. The summed E-state index contributed by atoms with van der Waals surface area (Å²) < 4.78 is 5.40. The number of primary amides is 1. The Bertz CT molecular complexity index is 335. The lowest BCUT2D eigenvalue weighted by Gasteiger charge is -2.23. The van der Waals surface area contributed by atoms with Crippen molar-refractivity contribution in [3.05, 3.63) is 29.8 Å². The van der Waals surface area contributed by atoms with E-state index in [0.717, 1.165) is 11.3 Å². The molecule has 2 rings (SSSR count).